The number of nitrogens with one attached hydrogen (secondary N) is 1. The van der Waals surface area contributed by atoms with Crippen LogP contribution in [0.2, 0.25) is 0 Å². The molecule has 14 heteroatoms. The van der Waals surface area contributed by atoms with E-state index in [4.69, 9.17) is 4.74 Å². The summed E-state index contributed by atoms with van der Waals surface area (Å²) in [5.74, 6) is -0.935. The summed E-state index contributed by atoms with van der Waals surface area (Å²) < 4.78 is 35.1. The predicted octanol–water partition coefficient (Wildman–Crippen LogP) is 3.40. The van der Waals surface area contributed by atoms with Crippen molar-refractivity contribution in [2.24, 2.45) is 5.41 Å². The van der Waals surface area contributed by atoms with Crippen molar-refractivity contribution in [2.75, 3.05) is 50.2 Å². The Bertz CT molecular complexity index is 2050. The molecule has 0 aliphatic carbocycles. The highest BCUT2D eigenvalue weighted by molar-refractivity contribution is 7.93. The number of carbonyl (C=O) groups is 2. The fourth-order valence-corrected chi connectivity index (χ4v) is 9.53. The van der Waals surface area contributed by atoms with Gasteiger partial charge in [0.15, 0.2) is 5.54 Å². The Morgan fingerprint density at radius 1 is 1.00 bits per heavy atom. The second kappa shape index (κ2) is 12.9. The normalized spacial score (nSPS) is 21.8. The molecule has 4 aliphatic heterocycles. The minimum atomic E-state index is -4.58. The van der Waals surface area contributed by atoms with Gasteiger partial charge < -0.3 is 19.9 Å². The average molecular weight is 709 g/mol. The number of nitrogens with zero attached hydrogens (tertiary/aromatic N) is 7. The van der Waals surface area contributed by atoms with Gasteiger partial charge in [-0.15, -0.1) is 0 Å². The van der Waals surface area contributed by atoms with Crippen molar-refractivity contribution in [1.82, 2.24) is 25.0 Å². The van der Waals surface area contributed by atoms with E-state index in [1.54, 1.807) is 24.0 Å². The molecule has 3 aromatic rings. The summed E-state index contributed by atoms with van der Waals surface area (Å²) in [6.07, 6.45) is 3.74. The second-order valence-electron chi connectivity index (χ2n) is 14.1. The van der Waals surface area contributed by atoms with Gasteiger partial charge in [0.05, 0.1) is 46.0 Å². The first kappa shape index (κ1) is 34.4. The third kappa shape index (κ3) is 5.68. The van der Waals surface area contributed by atoms with Gasteiger partial charge in [-0.3, -0.25) is 9.69 Å². The lowest BCUT2D eigenvalue weighted by Crippen LogP contribution is -2.76. The number of carbonyl (C=O) groups excluding carboxylic acids is 2. The smallest absolute Gasteiger partial charge is 0.318 e. The van der Waals surface area contributed by atoms with E-state index >= 15 is 4.79 Å². The molecule has 3 amide bonds. The molecule has 3 saturated heterocycles. The first-order chi connectivity index (χ1) is 24.5. The number of nitriles is 2. The number of likely N-dealkylation sites (tertiary alicyclic amines) is 3. The molecule has 51 heavy (non-hydrogen) atoms. The number of urea groups is 1. The van der Waals surface area contributed by atoms with E-state index in [2.05, 4.69) is 40.0 Å². The molecule has 1 N–H and O–H groups in total. The number of pyridine rings is 1. The maximum atomic E-state index is 15.0. The van der Waals surface area contributed by atoms with Crippen LogP contribution in [0, 0.1) is 28.1 Å². The highest BCUT2D eigenvalue weighted by Crippen LogP contribution is 2.50. The highest BCUT2D eigenvalue weighted by atomic mass is 32.2. The summed E-state index contributed by atoms with van der Waals surface area (Å²) in [7, 11) is -4.58. The monoisotopic (exact) mass is 708 g/mol. The van der Waals surface area contributed by atoms with Gasteiger partial charge in [0.1, 0.15) is 0 Å². The van der Waals surface area contributed by atoms with Crippen LogP contribution in [0.1, 0.15) is 55.9 Å². The summed E-state index contributed by atoms with van der Waals surface area (Å²) in [5.41, 5.74) is -1.51. The van der Waals surface area contributed by atoms with Gasteiger partial charge in [-0.05, 0) is 101 Å². The fourth-order valence-electron chi connectivity index (χ4n) is 8.07. The first-order valence-electron chi connectivity index (χ1n) is 17.2. The van der Waals surface area contributed by atoms with Gasteiger partial charge in [-0.2, -0.15) is 14.8 Å². The number of hydrogen-bond donors (Lipinski definition) is 1. The van der Waals surface area contributed by atoms with Crippen LogP contribution in [0.4, 0.5) is 10.5 Å². The van der Waals surface area contributed by atoms with Crippen molar-refractivity contribution >= 4 is 27.6 Å². The van der Waals surface area contributed by atoms with Gasteiger partial charge in [-0.1, -0.05) is 0 Å². The summed E-state index contributed by atoms with van der Waals surface area (Å²) in [4.78, 5) is 40.1. The molecule has 2 aromatic carbocycles. The van der Waals surface area contributed by atoms with Crippen LogP contribution in [0.3, 0.4) is 0 Å². The lowest BCUT2D eigenvalue weighted by molar-refractivity contribution is -0.124. The van der Waals surface area contributed by atoms with Crippen LogP contribution >= 0.6 is 0 Å². The number of benzene rings is 2. The quantitative estimate of drug-likeness (QED) is 0.367. The zero-order valence-electron chi connectivity index (χ0n) is 28.9. The molecule has 13 nitrogen and oxygen atoms in total. The van der Waals surface area contributed by atoms with E-state index in [-0.39, 0.29) is 50.7 Å². The van der Waals surface area contributed by atoms with Gasteiger partial charge in [0.2, 0.25) is 5.88 Å². The van der Waals surface area contributed by atoms with Crippen molar-refractivity contribution in [3.05, 3.63) is 83.0 Å². The summed E-state index contributed by atoms with van der Waals surface area (Å²) >= 11 is 0. The van der Waals surface area contributed by atoms with Crippen LogP contribution in [0.5, 0.6) is 5.88 Å². The number of piperidine rings is 1. The number of ether oxygens (including phenoxy) is 1. The number of fused-ring (bicyclic) bond motifs is 1. The molecule has 0 bridgehead atoms. The minimum absolute atomic E-state index is 0.0202. The van der Waals surface area contributed by atoms with Crippen molar-refractivity contribution in [3.63, 3.8) is 0 Å². The third-order valence-electron chi connectivity index (χ3n) is 10.7. The fraction of sp³-hybridized carbons (Fsp3) is 0.432. The molecule has 3 fully saturated rings. The van der Waals surface area contributed by atoms with Crippen molar-refractivity contribution < 1.29 is 22.7 Å². The topological polar surface area (TPSA) is 163 Å². The molecule has 1 spiro atoms. The van der Waals surface area contributed by atoms with E-state index < -0.39 is 27.5 Å². The van der Waals surface area contributed by atoms with E-state index in [0.29, 0.717) is 29.5 Å². The Morgan fingerprint density at radius 3 is 2.29 bits per heavy atom. The molecule has 7 rings (SSSR count). The number of amides is 3. The lowest BCUT2D eigenvalue weighted by atomic mass is 9.71. The number of hydrogen-bond acceptors (Lipinski definition) is 10. The largest absolute Gasteiger partial charge is 0.478 e. The Hall–Kier alpha value is -5.02. The Balaban J connectivity index is 1.22. The Morgan fingerprint density at radius 2 is 1.67 bits per heavy atom. The summed E-state index contributed by atoms with van der Waals surface area (Å²) in [5, 5.41) is 22.1. The third-order valence-corrected chi connectivity index (χ3v) is 12.4. The SMILES string of the molecule is CCOc1ncccc1[C@]1(NC(=O)N2CC3(C2)CN(C2CCN(C(C)C)CC2)C3)C(=O)N(S(=O)(=O)c2ccc(C#N)cc2)c2ccc(C#N)cc21. The molecular formula is C37H40N8O5S. The van der Waals surface area contributed by atoms with Crippen molar-refractivity contribution in [1.29, 1.82) is 10.5 Å². The van der Waals surface area contributed by atoms with Crippen LogP contribution in [-0.4, -0.2) is 98.0 Å². The predicted molar refractivity (Wildman–Crippen MR) is 187 cm³/mol. The molecule has 1 atom stereocenters. The van der Waals surface area contributed by atoms with Crippen LogP contribution in [0.15, 0.2) is 65.7 Å². The maximum absolute atomic E-state index is 15.0. The molecule has 4 aliphatic rings. The lowest BCUT2D eigenvalue weighted by Gasteiger charge is -2.62. The van der Waals surface area contributed by atoms with Gasteiger partial charge in [0.25, 0.3) is 15.9 Å². The van der Waals surface area contributed by atoms with E-state index in [9.17, 15) is 23.7 Å². The van der Waals surface area contributed by atoms with Crippen LogP contribution in [0.25, 0.3) is 0 Å². The van der Waals surface area contributed by atoms with Gasteiger partial charge >= 0.3 is 6.03 Å². The van der Waals surface area contributed by atoms with Crippen molar-refractivity contribution in [3.8, 4) is 18.0 Å². The Kier molecular flexibility index (Phi) is 8.74. The minimum Gasteiger partial charge on any atom is -0.478 e. The number of aromatic nitrogens is 1. The summed E-state index contributed by atoms with van der Waals surface area (Å²) in [6, 6.07) is 17.2. The Labute approximate surface area is 298 Å². The highest BCUT2D eigenvalue weighted by Gasteiger charge is 2.61. The van der Waals surface area contributed by atoms with E-state index in [1.165, 1.54) is 48.7 Å². The first-order valence-corrected chi connectivity index (χ1v) is 18.7. The molecule has 1 aromatic heterocycles. The number of rotatable bonds is 8. The number of anilines is 1. The molecule has 264 valence electrons. The second-order valence-corrected chi connectivity index (χ2v) is 15.9. The number of sulfonamides is 1. The average Bonchev–Trinajstić information content (AvgIpc) is 3.35. The molecule has 0 saturated carbocycles. The molecular weight excluding hydrogens is 669 g/mol. The van der Waals surface area contributed by atoms with Crippen LogP contribution in [-0.2, 0) is 20.4 Å². The van der Waals surface area contributed by atoms with E-state index in [0.717, 1.165) is 39.0 Å². The molecule has 0 radical (unpaired) electrons. The zero-order chi connectivity index (χ0) is 36.1. The van der Waals surface area contributed by atoms with Gasteiger partial charge in [0, 0.05) is 55.4 Å². The van der Waals surface area contributed by atoms with Crippen molar-refractivity contribution in [2.45, 2.75) is 56.1 Å². The standard InChI is InChI=1S/C37H40N8O5S/c1-4-50-33-30(6-5-15-40-33)37(41-35(47)44-23-36(24-44)21-43(22-36)28-13-16-42(17-14-28)25(2)3)31-18-27(20-39)9-12-32(31)45(34(37)46)51(48,49)29-10-7-26(19-38)8-11-29/h5-12,15,18,25,28H,4,13-14,16-17,21-24H2,1-3H3,(H,41,47)/t37-/m1/s1. The maximum Gasteiger partial charge on any atom is 0.318 e. The summed E-state index contributed by atoms with van der Waals surface area (Å²) in [6.45, 7) is 11.3. The van der Waals surface area contributed by atoms with Crippen LogP contribution < -0.4 is 14.4 Å². The van der Waals surface area contributed by atoms with Gasteiger partial charge in [-0.25, -0.2) is 18.2 Å². The molecule has 0 unspecified atom stereocenters. The molecule has 5 heterocycles. The van der Waals surface area contributed by atoms with E-state index in [1.807, 2.05) is 6.07 Å². The zero-order valence-corrected chi connectivity index (χ0v) is 29.7.